The lowest BCUT2D eigenvalue weighted by molar-refractivity contribution is 1.22. The molecular formula is C20H24. The van der Waals surface area contributed by atoms with Crippen LogP contribution in [0, 0.1) is 60.3 Å². The Labute approximate surface area is 123 Å². The SMILES string of the molecule is CC#Cc1c(C)c(C)c(C)c2c(C)c(C)c(C)c(C)c12. The Bertz CT molecular complexity index is 770. The normalized spacial score (nSPS) is 10.6. The van der Waals surface area contributed by atoms with Crippen LogP contribution < -0.4 is 0 Å². The van der Waals surface area contributed by atoms with Crippen LogP contribution in [0.5, 0.6) is 0 Å². The molecule has 0 unspecified atom stereocenters. The van der Waals surface area contributed by atoms with Crippen LogP contribution in [0.25, 0.3) is 10.8 Å². The molecule has 0 N–H and O–H groups in total. The van der Waals surface area contributed by atoms with E-state index in [2.05, 4.69) is 60.3 Å². The summed E-state index contributed by atoms with van der Waals surface area (Å²) in [4.78, 5) is 0. The van der Waals surface area contributed by atoms with Gasteiger partial charge in [-0.1, -0.05) is 5.92 Å². The van der Waals surface area contributed by atoms with E-state index in [0.29, 0.717) is 0 Å². The standard InChI is InChI=1S/C20H24/c1-9-10-18-14(5)13(4)16(7)19-15(6)11(2)12(3)17(8)20(18)19/h1-8H3. The van der Waals surface area contributed by atoms with Crippen molar-refractivity contribution in [1.82, 2.24) is 0 Å². The van der Waals surface area contributed by atoms with E-state index in [-0.39, 0.29) is 0 Å². The minimum absolute atomic E-state index is 1.22. The van der Waals surface area contributed by atoms with Crippen molar-refractivity contribution in [3.05, 3.63) is 44.5 Å². The minimum Gasteiger partial charge on any atom is -0.101 e. The number of rotatable bonds is 0. The zero-order valence-electron chi connectivity index (χ0n) is 14.0. The number of hydrogen-bond acceptors (Lipinski definition) is 0. The molecule has 0 aliphatic heterocycles. The summed E-state index contributed by atoms with van der Waals surface area (Å²) >= 11 is 0. The average Bonchev–Trinajstić information content (AvgIpc) is 2.43. The third-order valence-corrected chi connectivity index (χ3v) is 5.06. The van der Waals surface area contributed by atoms with E-state index < -0.39 is 0 Å². The Balaban J connectivity index is 3.25. The highest BCUT2D eigenvalue weighted by molar-refractivity contribution is 5.99. The summed E-state index contributed by atoms with van der Waals surface area (Å²) in [6, 6.07) is 0. The van der Waals surface area contributed by atoms with Gasteiger partial charge >= 0.3 is 0 Å². The Morgan fingerprint density at radius 3 is 1.35 bits per heavy atom. The molecule has 0 aliphatic carbocycles. The fraction of sp³-hybridized carbons (Fsp3) is 0.400. The molecule has 0 amide bonds. The Morgan fingerprint density at radius 1 is 0.500 bits per heavy atom. The summed E-state index contributed by atoms with van der Waals surface area (Å²) in [5.41, 5.74) is 10.9. The van der Waals surface area contributed by atoms with Crippen molar-refractivity contribution in [2.24, 2.45) is 0 Å². The lowest BCUT2D eigenvalue weighted by Gasteiger charge is -2.21. The molecule has 2 aromatic carbocycles. The van der Waals surface area contributed by atoms with E-state index in [9.17, 15) is 0 Å². The van der Waals surface area contributed by atoms with Gasteiger partial charge < -0.3 is 0 Å². The second-order valence-corrected chi connectivity index (χ2v) is 5.88. The van der Waals surface area contributed by atoms with E-state index >= 15 is 0 Å². The maximum absolute atomic E-state index is 3.35. The first-order valence-electron chi connectivity index (χ1n) is 7.25. The maximum atomic E-state index is 3.35. The van der Waals surface area contributed by atoms with Crippen molar-refractivity contribution in [3.63, 3.8) is 0 Å². The number of hydrogen-bond donors (Lipinski definition) is 0. The van der Waals surface area contributed by atoms with Crippen LogP contribution in [0.4, 0.5) is 0 Å². The molecule has 0 aromatic heterocycles. The summed E-state index contributed by atoms with van der Waals surface area (Å²) in [7, 11) is 0. The highest BCUT2D eigenvalue weighted by Gasteiger charge is 2.17. The molecule has 0 saturated carbocycles. The van der Waals surface area contributed by atoms with Gasteiger partial charge in [0.1, 0.15) is 0 Å². The zero-order chi connectivity index (χ0) is 15.2. The van der Waals surface area contributed by atoms with Gasteiger partial charge in [-0.25, -0.2) is 0 Å². The Morgan fingerprint density at radius 2 is 0.900 bits per heavy atom. The van der Waals surface area contributed by atoms with Crippen LogP contribution in [0.2, 0.25) is 0 Å². The second-order valence-electron chi connectivity index (χ2n) is 5.88. The first-order chi connectivity index (χ1) is 9.32. The first-order valence-corrected chi connectivity index (χ1v) is 7.25. The van der Waals surface area contributed by atoms with Crippen LogP contribution in [-0.2, 0) is 0 Å². The highest BCUT2D eigenvalue weighted by Crippen LogP contribution is 2.36. The zero-order valence-corrected chi connectivity index (χ0v) is 14.0. The molecule has 0 heterocycles. The average molecular weight is 264 g/mol. The molecule has 0 atom stereocenters. The molecule has 2 aromatic rings. The predicted octanol–water partition coefficient (Wildman–Crippen LogP) is 5.37. The molecular weight excluding hydrogens is 240 g/mol. The molecule has 0 saturated heterocycles. The Kier molecular flexibility index (Phi) is 3.65. The summed E-state index contributed by atoms with van der Waals surface area (Å²) in [6.45, 7) is 17.5. The van der Waals surface area contributed by atoms with E-state index in [1.54, 1.807) is 0 Å². The van der Waals surface area contributed by atoms with Gasteiger partial charge in [0.15, 0.2) is 0 Å². The second kappa shape index (κ2) is 4.98. The number of aryl methyl sites for hydroxylation is 3. The fourth-order valence-corrected chi connectivity index (χ4v) is 3.22. The molecule has 20 heavy (non-hydrogen) atoms. The molecule has 0 nitrogen and oxygen atoms in total. The molecule has 2 rings (SSSR count). The Hall–Kier alpha value is -1.74. The van der Waals surface area contributed by atoms with Crippen LogP contribution in [0.3, 0.4) is 0 Å². The lowest BCUT2D eigenvalue weighted by Crippen LogP contribution is -2.02. The summed E-state index contributed by atoms with van der Waals surface area (Å²) in [5.74, 6) is 6.45. The molecule has 0 spiro atoms. The smallest absolute Gasteiger partial charge is 0.0358 e. The van der Waals surface area contributed by atoms with Gasteiger partial charge in [0.05, 0.1) is 0 Å². The van der Waals surface area contributed by atoms with Crippen LogP contribution >= 0.6 is 0 Å². The third kappa shape index (κ3) is 1.85. The van der Waals surface area contributed by atoms with E-state index in [0.717, 1.165) is 0 Å². The topological polar surface area (TPSA) is 0 Å². The van der Waals surface area contributed by atoms with Gasteiger partial charge in [-0.15, -0.1) is 5.92 Å². The molecule has 104 valence electrons. The maximum Gasteiger partial charge on any atom is 0.0358 e. The van der Waals surface area contributed by atoms with E-state index in [4.69, 9.17) is 0 Å². The molecule has 0 aliphatic rings. The van der Waals surface area contributed by atoms with Gasteiger partial charge in [0.25, 0.3) is 0 Å². The first kappa shape index (κ1) is 14.7. The van der Waals surface area contributed by atoms with Gasteiger partial charge in [-0.05, 0) is 99.7 Å². The summed E-state index contributed by atoms with van der Waals surface area (Å²) in [5, 5.41) is 2.77. The van der Waals surface area contributed by atoms with E-state index in [1.165, 1.54) is 55.3 Å². The third-order valence-electron chi connectivity index (χ3n) is 5.06. The van der Waals surface area contributed by atoms with Gasteiger partial charge in [0.2, 0.25) is 0 Å². The summed E-state index contributed by atoms with van der Waals surface area (Å²) < 4.78 is 0. The largest absolute Gasteiger partial charge is 0.101 e. The number of fused-ring (bicyclic) bond motifs is 1. The number of benzene rings is 2. The highest BCUT2D eigenvalue weighted by atomic mass is 14.2. The van der Waals surface area contributed by atoms with Crippen LogP contribution in [-0.4, -0.2) is 0 Å². The minimum atomic E-state index is 1.22. The van der Waals surface area contributed by atoms with Crippen LogP contribution in [0.15, 0.2) is 0 Å². The molecule has 0 bridgehead atoms. The predicted molar refractivity (Wildman–Crippen MR) is 89.7 cm³/mol. The monoisotopic (exact) mass is 264 g/mol. The van der Waals surface area contributed by atoms with E-state index in [1.807, 2.05) is 6.92 Å². The van der Waals surface area contributed by atoms with Gasteiger partial charge in [0, 0.05) is 10.9 Å². The summed E-state index contributed by atoms with van der Waals surface area (Å²) in [6.07, 6.45) is 0. The molecule has 0 heteroatoms. The van der Waals surface area contributed by atoms with Crippen molar-refractivity contribution in [3.8, 4) is 11.8 Å². The van der Waals surface area contributed by atoms with Crippen LogP contribution in [0.1, 0.15) is 51.4 Å². The molecule has 0 fully saturated rings. The van der Waals surface area contributed by atoms with Gasteiger partial charge in [-0.2, -0.15) is 0 Å². The quantitative estimate of drug-likeness (QED) is 0.561. The lowest BCUT2D eigenvalue weighted by atomic mass is 9.83. The van der Waals surface area contributed by atoms with Crippen molar-refractivity contribution >= 4 is 10.8 Å². The van der Waals surface area contributed by atoms with Crippen molar-refractivity contribution in [2.45, 2.75) is 55.4 Å². The van der Waals surface area contributed by atoms with Crippen molar-refractivity contribution in [2.75, 3.05) is 0 Å². The fourth-order valence-electron chi connectivity index (χ4n) is 3.22. The molecule has 0 radical (unpaired) electrons. The van der Waals surface area contributed by atoms with Crippen molar-refractivity contribution < 1.29 is 0 Å². The van der Waals surface area contributed by atoms with Crippen molar-refractivity contribution in [1.29, 1.82) is 0 Å². The van der Waals surface area contributed by atoms with Gasteiger partial charge in [-0.3, -0.25) is 0 Å².